The van der Waals surface area contributed by atoms with Crippen LogP contribution >= 0.6 is 35.7 Å². The number of nitrogens with zero attached hydrogens (tertiary/aromatic N) is 1. The van der Waals surface area contributed by atoms with Gasteiger partial charge in [-0.3, -0.25) is 0 Å². The molecule has 1 aromatic heterocycles. The first-order valence-electron chi connectivity index (χ1n) is 4.42. The molecule has 0 radical (unpaired) electrons. The van der Waals surface area contributed by atoms with Gasteiger partial charge in [0.05, 0.1) is 0 Å². The highest BCUT2D eigenvalue weighted by Gasteiger charge is 2.06. The summed E-state index contributed by atoms with van der Waals surface area (Å²) in [6.07, 6.45) is 1.21. The highest BCUT2D eigenvalue weighted by molar-refractivity contribution is 8.01. The zero-order valence-electron chi connectivity index (χ0n) is 7.99. The first-order chi connectivity index (χ1) is 6.26. The van der Waals surface area contributed by atoms with Crippen LogP contribution in [0.5, 0.6) is 0 Å². The SMILES string of the molecule is CCC(CS)CSc1nc(C)cs1. The van der Waals surface area contributed by atoms with Crippen molar-refractivity contribution < 1.29 is 0 Å². The normalized spacial score (nSPS) is 13.2. The highest BCUT2D eigenvalue weighted by Crippen LogP contribution is 2.25. The van der Waals surface area contributed by atoms with E-state index in [9.17, 15) is 0 Å². The van der Waals surface area contributed by atoms with Crippen molar-refractivity contribution in [2.24, 2.45) is 5.92 Å². The van der Waals surface area contributed by atoms with Crippen molar-refractivity contribution in [2.75, 3.05) is 11.5 Å². The van der Waals surface area contributed by atoms with Crippen LogP contribution in [0.25, 0.3) is 0 Å². The summed E-state index contributed by atoms with van der Waals surface area (Å²) in [6, 6.07) is 0. The summed E-state index contributed by atoms with van der Waals surface area (Å²) in [6.45, 7) is 4.25. The van der Waals surface area contributed by atoms with E-state index in [0.717, 1.165) is 23.1 Å². The summed E-state index contributed by atoms with van der Waals surface area (Å²) in [7, 11) is 0. The van der Waals surface area contributed by atoms with Crippen LogP contribution < -0.4 is 0 Å². The van der Waals surface area contributed by atoms with Crippen LogP contribution in [0.1, 0.15) is 19.0 Å². The average molecular weight is 233 g/mol. The van der Waals surface area contributed by atoms with Crippen molar-refractivity contribution in [3.8, 4) is 0 Å². The Hall–Kier alpha value is 0.330. The van der Waals surface area contributed by atoms with Gasteiger partial charge in [-0.25, -0.2) is 4.98 Å². The van der Waals surface area contributed by atoms with E-state index in [0.29, 0.717) is 0 Å². The van der Waals surface area contributed by atoms with Crippen LogP contribution in [0.4, 0.5) is 0 Å². The van der Waals surface area contributed by atoms with Crippen LogP contribution in [0.15, 0.2) is 9.72 Å². The Balaban J connectivity index is 2.33. The topological polar surface area (TPSA) is 12.9 Å². The average Bonchev–Trinajstić information content (AvgIpc) is 2.53. The Morgan fingerprint density at radius 1 is 1.69 bits per heavy atom. The van der Waals surface area contributed by atoms with E-state index in [4.69, 9.17) is 0 Å². The van der Waals surface area contributed by atoms with E-state index in [1.54, 1.807) is 11.3 Å². The number of aromatic nitrogens is 1. The lowest BCUT2D eigenvalue weighted by Gasteiger charge is -2.08. The molecule has 0 aliphatic carbocycles. The number of thiol groups is 1. The summed E-state index contributed by atoms with van der Waals surface area (Å²) >= 11 is 7.91. The zero-order chi connectivity index (χ0) is 9.68. The molecule has 13 heavy (non-hydrogen) atoms. The number of hydrogen-bond donors (Lipinski definition) is 1. The van der Waals surface area contributed by atoms with Crippen molar-refractivity contribution in [2.45, 2.75) is 24.6 Å². The van der Waals surface area contributed by atoms with E-state index in [1.165, 1.54) is 10.8 Å². The fourth-order valence-electron chi connectivity index (χ4n) is 0.887. The zero-order valence-corrected chi connectivity index (χ0v) is 10.5. The molecular formula is C9H15NS3. The van der Waals surface area contributed by atoms with Gasteiger partial charge in [-0.1, -0.05) is 25.1 Å². The number of rotatable bonds is 5. The molecule has 4 heteroatoms. The van der Waals surface area contributed by atoms with Crippen LogP contribution in [0, 0.1) is 12.8 Å². The first-order valence-corrected chi connectivity index (χ1v) is 6.91. The molecule has 1 rings (SSSR count). The Kier molecular flexibility index (Phi) is 5.21. The maximum Gasteiger partial charge on any atom is 0.150 e. The lowest BCUT2D eigenvalue weighted by molar-refractivity contribution is 0.649. The van der Waals surface area contributed by atoms with Gasteiger partial charge >= 0.3 is 0 Å². The van der Waals surface area contributed by atoms with Gasteiger partial charge in [0, 0.05) is 16.8 Å². The number of thiazole rings is 1. The van der Waals surface area contributed by atoms with Gasteiger partial charge in [0.2, 0.25) is 0 Å². The molecule has 0 spiro atoms. The van der Waals surface area contributed by atoms with Gasteiger partial charge in [-0.2, -0.15) is 12.6 Å². The molecular weight excluding hydrogens is 218 g/mol. The van der Waals surface area contributed by atoms with E-state index in [-0.39, 0.29) is 0 Å². The van der Waals surface area contributed by atoms with Crippen LogP contribution in [0.3, 0.4) is 0 Å². The predicted molar refractivity (Wildman–Crippen MR) is 65.2 cm³/mol. The van der Waals surface area contributed by atoms with Gasteiger partial charge in [-0.05, 0) is 18.6 Å². The highest BCUT2D eigenvalue weighted by atomic mass is 32.2. The molecule has 0 aliphatic rings. The molecule has 1 heterocycles. The Morgan fingerprint density at radius 2 is 2.46 bits per heavy atom. The molecule has 74 valence electrons. The minimum absolute atomic E-state index is 0.720. The molecule has 1 aromatic rings. The molecule has 0 saturated heterocycles. The van der Waals surface area contributed by atoms with Crippen LogP contribution in [-0.4, -0.2) is 16.5 Å². The minimum atomic E-state index is 0.720. The molecule has 0 amide bonds. The molecule has 1 unspecified atom stereocenters. The molecule has 0 fully saturated rings. The van der Waals surface area contributed by atoms with Gasteiger partial charge in [0.15, 0.2) is 0 Å². The number of aryl methyl sites for hydroxylation is 1. The lowest BCUT2D eigenvalue weighted by atomic mass is 10.2. The molecule has 1 atom stereocenters. The van der Waals surface area contributed by atoms with Gasteiger partial charge < -0.3 is 0 Å². The van der Waals surface area contributed by atoms with Crippen molar-refractivity contribution >= 4 is 35.7 Å². The molecule has 0 N–H and O–H groups in total. The van der Waals surface area contributed by atoms with E-state index in [1.807, 2.05) is 18.7 Å². The summed E-state index contributed by atoms with van der Waals surface area (Å²) in [5.74, 6) is 2.85. The van der Waals surface area contributed by atoms with Gasteiger partial charge in [-0.15, -0.1) is 11.3 Å². The fraction of sp³-hybridized carbons (Fsp3) is 0.667. The molecule has 0 bridgehead atoms. The summed E-state index contributed by atoms with van der Waals surface area (Å²) < 4.78 is 1.19. The molecule has 0 aromatic carbocycles. The molecule has 1 nitrogen and oxygen atoms in total. The maximum atomic E-state index is 4.41. The second-order valence-corrected chi connectivity index (χ2v) is 5.51. The number of thioether (sulfide) groups is 1. The molecule has 0 aliphatic heterocycles. The van der Waals surface area contributed by atoms with E-state index < -0.39 is 0 Å². The monoisotopic (exact) mass is 233 g/mol. The standard InChI is InChI=1S/C9H15NS3/c1-3-8(4-11)6-13-9-10-7(2)5-12-9/h5,8,11H,3-4,6H2,1-2H3. The second kappa shape index (κ2) is 5.94. The Labute approximate surface area is 93.8 Å². The Bertz CT molecular complexity index is 243. The summed E-state index contributed by atoms with van der Waals surface area (Å²) in [5.41, 5.74) is 1.13. The third-order valence-corrected chi connectivity index (χ3v) is 4.76. The van der Waals surface area contributed by atoms with Crippen molar-refractivity contribution in [3.05, 3.63) is 11.1 Å². The lowest BCUT2D eigenvalue weighted by Crippen LogP contribution is -2.03. The van der Waals surface area contributed by atoms with Crippen molar-refractivity contribution in [1.82, 2.24) is 4.98 Å². The predicted octanol–water partition coefficient (Wildman–Crippen LogP) is 3.50. The summed E-state index contributed by atoms with van der Waals surface area (Å²) in [4.78, 5) is 4.41. The van der Waals surface area contributed by atoms with E-state index >= 15 is 0 Å². The first kappa shape index (κ1) is 11.4. The fourth-order valence-corrected chi connectivity index (χ4v) is 3.53. The smallest absolute Gasteiger partial charge is 0.150 e. The number of hydrogen-bond acceptors (Lipinski definition) is 4. The Morgan fingerprint density at radius 3 is 2.92 bits per heavy atom. The quantitative estimate of drug-likeness (QED) is 0.617. The van der Waals surface area contributed by atoms with Gasteiger partial charge in [0.25, 0.3) is 0 Å². The summed E-state index contributed by atoms with van der Waals surface area (Å²) in [5, 5.41) is 2.10. The largest absolute Gasteiger partial charge is 0.235 e. The van der Waals surface area contributed by atoms with Crippen LogP contribution in [-0.2, 0) is 0 Å². The maximum absolute atomic E-state index is 4.41. The minimum Gasteiger partial charge on any atom is -0.235 e. The van der Waals surface area contributed by atoms with Crippen molar-refractivity contribution in [1.29, 1.82) is 0 Å². The van der Waals surface area contributed by atoms with Gasteiger partial charge in [0.1, 0.15) is 4.34 Å². The molecule has 0 saturated carbocycles. The second-order valence-electron chi connectivity index (χ2n) is 3.02. The van der Waals surface area contributed by atoms with Crippen LogP contribution in [0.2, 0.25) is 0 Å². The third kappa shape index (κ3) is 3.92. The van der Waals surface area contributed by atoms with Crippen molar-refractivity contribution in [3.63, 3.8) is 0 Å². The van der Waals surface area contributed by atoms with E-state index in [2.05, 4.69) is 29.9 Å². The third-order valence-electron chi connectivity index (χ3n) is 1.88.